The lowest BCUT2D eigenvalue weighted by Crippen LogP contribution is -2.24. The highest BCUT2D eigenvalue weighted by molar-refractivity contribution is 5.86. The predicted molar refractivity (Wildman–Crippen MR) is 94.6 cm³/mol. The van der Waals surface area contributed by atoms with E-state index < -0.39 is 0 Å². The molecule has 0 spiro atoms. The highest BCUT2D eigenvalue weighted by Crippen LogP contribution is 2.51. The summed E-state index contributed by atoms with van der Waals surface area (Å²) >= 11 is 0. The summed E-state index contributed by atoms with van der Waals surface area (Å²) in [6.07, 6.45) is 3.38. The Kier molecular flexibility index (Phi) is 3.98. The first-order valence-electron chi connectivity index (χ1n) is 8.97. The van der Waals surface area contributed by atoms with Crippen LogP contribution in [0.25, 0.3) is 0 Å². The lowest BCUT2D eigenvalue weighted by atomic mass is 10.2. The molecular weight excluding hydrogens is 316 g/mol. The van der Waals surface area contributed by atoms with Crippen LogP contribution in [0.5, 0.6) is 0 Å². The molecule has 3 atom stereocenters. The van der Waals surface area contributed by atoms with Gasteiger partial charge < -0.3 is 14.2 Å². The molecule has 0 unspecified atom stereocenters. The highest BCUT2D eigenvalue weighted by Gasteiger charge is 2.52. The smallest absolute Gasteiger partial charge is 0.358 e. The lowest BCUT2D eigenvalue weighted by molar-refractivity contribution is 0.0520. The molecule has 3 heterocycles. The van der Waals surface area contributed by atoms with Crippen LogP contribution in [0.2, 0.25) is 0 Å². The van der Waals surface area contributed by atoms with E-state index in [9.17, 15) is 4.79 Å². The number of carbonyl (C=O) groups is 1. The molecule has 1 saturated heterocycles. The summed E-state index contributed by atoms with van der Waals surface area (Å²) in [5.41, 5.74) is 2.50. The number of esters is 1. The summed E-state index contributed by atoms with van der Waals surface area (Å²) < 4.78 is 6.87. The van der Waals surface area contributed by atoms with Gasteiger partial charge in [-0.2, -0.15) is 0 Å². The molecule has 1 aliphatic carbocycles. The van der Waals surface area contributed by atoms with Crippen molar-refractivity contribution in [3.63, 3.8) is 0 Å². The van der Waals surface area contributed by atoms with Crippen LogP contribution in [0.3, 0.4) is 0 Å². The van der Waals surface area contributed by atoms with Crippen molar-refractivity contribution in [2.24, 2.45) is 17.8 Å². The van der Waals surface area contributed by atoms with E-state index in [2.05, 4.69) is 28.9 Å². The van der Waals surface area contributed by atoms with Gasteiger partial charge in [-0.05, 0) is 43.2 Å². The maximum Gasteiger partial charge on any atom is 0.358 e. The highest BCUT2D eigenvalue weighted by atomic mass is 16.5. The number of imidazole rings is 1. The van der Waals surface area contributed by atoms with Crippen LogP contribution in [-0.4, -0.2) is 40.2 Å². The second-order valence-corrected chi connectivity index (χ2v) is 7.16. The Morgan fingerprint density at radius 3 is 2.76 bits per heavy atom. The number of ether oxygens (including phenoxy) is 1. The number of fused-ring (bicyclic) bond motifs is 1. The van der Waals surface area contributed by atoms with Gasteiger partial charge in [0.2, 0.25) is 0 Å². The Morgan fingerprint density at radius 1 is 1.32 bits per heavy atom. The van der Waals surface area contributed by atoms with E-state index in [1.165, 1.54) is 0 Å². The van der Waals surface area contributed by atoms with Crippen LogP contribution in [0.4, 0.5) is 5.82 Å². The fourth-order valence-electron chi connectivity index (χ4n) is 3.88. The topological polar surface area (TPSA) is 60.2 Å². The van der Waals surface area contributed by atoms with Crippen LogP contribution >= 0.6 is 0 Å². The summed E-state index contributed by atoms with van der Waals surface area (Å²) in [6, 6.07) is 4.25. The van der Waals surface area contributed by atoms with Crippen LogP contribution < -0.4 is 4.90 Å². The lowest BCUT2D eigenvalue weighted by Gasteiger charge is -2.21. The average Bonchev–Trinajstić information content (AvgIpc) is 3.03. The van der Waals surface area contributed by atoms with Gasteiger partial charge in [0, 0.05) is 25.0 Å². The zero-order valence-electron chi connectivity index (χ0n) is 15.0. The minimum absolute atomic E-state index is 0.342. The van der Waals surface area contributed by atoms with Gasteiger partial charge >= 0.3 is 5.97 Å². The number of anilines is 1. The molecule has 0 radical (unpaired) electrons. The molecule has 1 aliphatic heterocycles. The van der Waals surface area contributed by atoms with Crippen LogP contribution in [0.1, 0.15) is 35.6 Å². The Morgan fingerprint density at radius 2 is 2.08 bits per heavy atom. The Balaban J connectivity index is 1.44. The van der Waals surface area contributed by atoms with Crippen molar-refractivity contribution in [3.05, 3.63) is 41.6 Å². The number of aromatic nitrogens is 3. The van der Waals surface area contributed by atoms with Gasteiger partial charge in [-0.3, -0.25) is 0 Å². The molecule has 2 aliphatic rings. The molecule has 6 nitrogen and oxygen atoms in total. The average molecular weight is 340 g/mol. The quantitative estimate of drug-likeness (QED) is 0.783. The Labute approximate surface area is 147 Å². The Bertz CT molecular complexity index is 788. The van der Waals surface area contributed by atoms with Gasteiger partial charge in [0.25, 0.3) is 0 Å². The fraction of sp³-hybridized carbons (Fsp3) is 0.526. The van der Waals surface area contributed by atoms with Crippen molar-refractivity contribution in [3.8, 4) is 0 Å². The van der Waals surface area contributed by atoms with E-state index >= 15 is 0 Å². The summed E-state index contributed by atoms with van der Waals surface area (Å²) in [5, 5.41) is 0. The van der Waals surface area contributed by atoms with E-state index in [4.69, 9.17) is 9.72 Å². The molecule has 0 aromatic carbocycles. The second kappa shape index (κ2) is 6.17. The van der Waals surface area contributed by atoms with Crippen molar-refractivity contribution < 1.29 is 9.53 Å². The third-order valence-electron chi connectivity index (χ3n) is 5.60. The van der Waals surface area contributed by atoms with Crippen LogP contribution in [0.15, 0.2) is 24.7 Å². The molecule has 132 valence electrons. The van der Waals surface area contributed by atoms with Crippen molar-refractivity contribution in [2.75, 3.05) is 24.6 Å². The van der Waals surface area contributed by atoms with Crippen molar-refractivity contribution in [2.45, 2.75) is 27.3 Å². The van der Waals surface area contributed by atoms with Gasteiger partial charge in [-0.25, -0.2) is 14.8 Å². The van der Waals surface area contributed by atoms with Crippen molar-refractivity contribution >= 4 is 11.8 Å². The van der Waals surface area contributed by atoms with E-state index in [1.807, 2.05) is 11.5 Å². The maximum atomic E-state index is 11.7. The number of nitrogens with zero attached hydrogens (tertiary/aromatic N) is 4. The number of pyridine rings is 1. The largest absolute Gasteiger partial charge is 0.461 e. The molecule has 4 rings (SSSR count). The summed E-state index contributed by atoms with van der Waals surface area (Å²) in [6.45, 7) is 9.46. The maximum absolute atomic E-state index is 11.7. The molecule has 2 aromatic rings. The van der Waals surface area contributed by atoms with E-state index in [0.717, 1.165) is 47.9 Å². The number of aryl methyl sites for hydroxylation is 1. The molecular formula is C19H24N4O2. The molecule has 6 heteroatoms. The third-order valence-corrected chi connectivity index (χ3v) is 5.60. The Hall–Kier alpha value is -2.37. The fourth-order valence-corrected chi connectivity index (χ4v) is 3.88. The number of rotatable bonds is 5. The standard InChI is InChI=1S/C19H24N4O2/c1-4-25-19(24)17-10-22(11-20-17)7-14-5-6-18(21-13(14)3)23-8-15-12(2)16(15)9-23/h5-6,10-12,15-16H,4,7-9H2,1-3H3/t12-,15+,16-. The van der Waals surface area contributed by atoms with E-state index in [1.54, 1.807) is 19.4 Å². The monoisotopic (exact) mass is 340 g/mol. The zero-order chi connectivity index (χ0) is 17.6. The normalized spacial score (nSPS) is 24.3. The second-order valence-electron chi connectivity index (χ2n) is 7.16. The molecule has 2 fully saturated rings. The van der Waals surface area contributed by atoms with Gasteiger partial charge in [0.05, 0.1) is 19.5 Å². The number of hydrogen-bond donors (Lipinski definition) is 0. The van der Waals surface area contributed by atoms with E-state index in [-0.39, 0.29) is 5.97 Å². The summed E-state index contributed by atoms with van der Waals surface area (Å²) in [4.78, 5) is 23.0. The first-order valence-corrected chi connectivity index (χ1v) is 8.97. The SMILES string of the molecule is CCOC(=O)c1cn(Cc2ccc(N3C[C@@H]4[C@H](C)[C@@H]4C3)nc2C)cn1. The van der Waals surface area contributed by atoms with Crippen LogP contribution in [0, 0.1) is 24.7 Å². The van der Waals surface area contributed by atoms with E-state index in [0.29, 0.717) is 18.8 Å². The van der Waals surface area contributed by atoms with Crippen molar-refractivity contribution in [1.82, 2.24) is 14.5 Å². The first kappa shape index (κ1) is 16.1. The zero-order valence-corrected chi connectivity index (χ0v) is 15.0. The van der Waals surface area contributed by atoms with Crippen molar-refractivity contribution in [1.29, 1.82) is 0 Å². The summed E-state index contributed by atoms with van der Waals surface area (Å²) in [7, 11) is 0. The first-order chi connectivity index (χ1) is 12.1. The molecule has 25 heavy (non-hydrogen) atoms. The minimum atomic E-state index is -0.381. The minimum Gasteiger partial charge on any atom is -0.461 e. The van der Waals surface area contributed by atoms with Crippen LogP contribution in [-0.2, 0) is 11.3 Å². The molecule has 2 aromatic heterocycles. The van der Waals surface area contributed by atoms with Gasteiger partial charge in [0.1, 0.15) is 5.82 Å². The predicted octanol–water partition coefficient (Wildman–Crippen LogP) is 2.51. The number of hydrogen-bond acceptors (Lipinski definition) is 5. The van der Waals surface area contributed by atoms with Gasteiger partial charge in [-0.1, -0.05) is 13.0 Å². The van der Waals surface area contributed by atoms with Gasteiger partial charge in [-0.15, -0.1) is 0 Å². The number of piperidine rings is 1. The third kappa shape index (κ3) is 3.01. The summed E-state index contributed by atoms with van der Waals surface area (Å²) in [5.74, 6) is 3.33. The molecule has 0 N–H and O–H groups in total. The van der Waals surface area contributed by atoms with Gasteiger partial charge in [0.15, 0.2) is 5.69 Å². The molecule has 0 amide bonds. The molecule has 1 saturated carbocycles. The molecule has 0 bridgehead atoms. The number of carbonyl (C=O) groups excluding carboxylic acids is 1.